The fourth-order valence-electron chi connectivity index (χ4n) is 3.45. The third kappa shape index (κ3) is 4.03. The van der Waals surface area contributed by atoms with E-state index in [1.807, 2.05) is 0 Å². The molecule has 1 aliphatic carbocycles. The smallest absolute Gasteiger partial charge is 0.353 e. The predicted molar refractivity (Wildman–Crippen MR) is 79.3 cm³/mol. The van der Waals surface area contributed by atoms with Gasteiger partial charge in [-0.1, -0.05) is 18.2 Å². The fourth-order valence-corrected chi connectivity index (χ4v) is 3.45. The van der Waals surface area contributed by atoms with Gasteiger partial charge >= 0.3 is 6.18 Å². The monoisotopic (exact) mass is 327 g/mol. The summed E-state index contributed by atoms with van der Waals surface area (Å²) in [6.07, 6.45) is -1.62. The number of hydrogen-bond acceptors (Lipinski definition) is 3. The Hall–Kier alpha value is -1.60. The number of carbonyl (C=O) groups is 1. The highest BCUT2D eigenvalue weighted by Crippen LogP contribution is 2.30. The van der Waals surface area contributed by atoms with E-state index in [1.165, 1.54) is 6.07 Å². The first-order valence-corrected chi connectivity index (χ1v) is 7.86. The molecule has 23 heavy (non-hydrogen) atoms. The van der Waals surface area contributed by atoms with E-state index in [2.05, 4.69) is 16.2 Å². The zero-order valence-corrected chi connectivity index (χ0v) is 12.6. The number of fused-ring (bicyclic) bond motifs is 1. The van der Waals surface area contributed by atoms with Gasteiger partial charge in [-0.05, 0) is 36.8 Å². The molecular formula is C16H20F3N3O. The molecule has 3 atom stereocenters. The number of amides is 1. The Balaban J connectivity index is 1.55. The van der Waals surface area contributed by atoms with Crippen molar-refractivity contribution < 1.29 is 18.0 Å². The Morgan fingerprint density at radius 2 is 2.13 bits per heavy atom. The second-order valence-corrected chi connectivity index (χ2v) is 6.34. The number of hydrazine groups is 1. The molecule has 0 spiro atoms. The minimum atomic E-state index is -4.38. The van der Waals surface area contributed by atoms with Crippen LogP contribution in [0.2, 0.25) is 0 Å². The number of hydrogen-bond donors (Lipinski definition) is 3. The minimum Gasteiger partial charge on any atom is -0.353 e. The summed E-state index contributed by atoms with van der Waals surface area (Å²) >= 11 is 0. The van der Waals surface area contributed by atoms with Gasteiger partial charge in [0, 0.05) is 18.6 Å². The minimum absolute atomic E-state index is 0.0228. The highest BCUT2D eigenvalue weighted by molar-refractivity contribution is 5.78. The van der Waals surface area contributed by atoms with Crippen LogP contribution in [0.15, 0.2) is 24.3 Å². The first-order chi connectivity index (χ1) is 10.9. The van der Waals surface area contributed by atoms with Crippen LogP contribution in [0.4, 0.5) is 13.2 Å². The number of nitrogens with one attached hydrogen (secondary N) is 3. The van der Waals surface area contributed by atoms with Crippen LogP contribution in [0, 0.1) is 5.92 Å². The van der Waals surface area contributed by atoms with Gasteiger partial charge in [-0.25, -0.2) is 0 Å². The van der Waals surface area contributed by atoms with E-state index in [0.717, 1.165) is 37.9 Å². The van der Waals surface area contributed by atoms with Gasteiger partial charge in [-0.3, -0.25) is 15.6 Å². The van der Waals surface area contributed by atoms with Crippen LogP contribution in [-0.2, 0) is 17.4 Å². The number of rotatable bonds is 3. The molecule has 0 radical (unpaired) electrons. The molecule has 2 aliphatic rings. The Labute approximate surface area is 132 Å². The number of alkyl halides is 3. The molecule has 3 N–H and O–H groups in total. The zero-order valence-electron chi connectivity index (χ0n) is 12.6. The van der Waals surface area contributed by atoms with Crippen molar-refractivity contribution in [1.29, 1.82) is 0 Å². The summed E-state index contributed by atoms with van der Waals surface area (Å²) in [7, 11) is 0. The van der Waals surface area contributed by atoms with E-state index >= 15 is 0 Å². The summed E-state index contributed by atoms with van der Waals surface area (Å²) in [5.41, 5.74) is 6.02. The molecule has 3 unspecified atom stereocenters. The Morgan fingerprint density at radius 3 is 2.91 bits per heavy atom. The van der Waals surface area contributed by atoms with E-state index in [1.54, 1.807) is 6.07 Å². The SMILES string of the molecule is O=C(Cc1cccc(C(F)(F)F)c1)NC1CCC2NNCC2C1. The van der Waals surface area contributed by atoms with Gasteiger partial charge in [0.1, 0.15) is 0 Å². The van der Waals surface area contributed by atoms with E-state index in [4.69, 9.17) is 0 Å². The number of halogens is 3. The highest BCUT2D eigenvalue weighted by Gasteiger charge is 2.34. The topological polar surface area (TPSA) is 53.2 Å². The Morgan fingerprint density at radius 1 is 1.30 bits per heavy atom. The third-order valence-corrected chi connectivity index (χ3v) is 4.62. The lowest BCUT2D eigenvalue weighted by molar-refractivity contribution is -0.137. The molecule has 1 aromatic rings. The van der Waals surface area contributed by atoms with Crippen molar-refractivity contribution in [2.45, 2.75) is 43.9 Å². The largest absolute Gasteiger partial charge is 0.416 e. The lowest BCUT2D eigenvalue weighted by atomic mass is 9.83. The highest BCUT2D eigenvalue weighted by atomic mass is 19.4. The van der Waals surface area contributed by atoms with Gasteiger partial charge in [0.15, 0.2) is 0 Å². The van der Waals surface area contributed by atoms with Crippen LogP contribution in [0.25, 0.3) is 0 Å². The summed E-state index contributed by atoms with van der Waals surface area (Å²) in [4.78, 5) is 12.1. The van der Waals surface area contributed by atoms with Crippen LogP contribution in [0.1, 0.15) is 30.4 Å². The molecule has 4 nitrogen and oxygen atoms in total. The average molecular weight is 327 g/mol. The number of benzene rings is 1. The maximum absolute atomic E-state index is 12.7. The van der Waals surface area contributed by atoms with Crippen molar-refractivity contribution in [2.75, 3.05) is 6.54 Å². The quantitative estimate of drug-likeness (QED) is 0.796. The molecule has 1 saturated carbocycles. The van der Waals surface area contributed by atoms with Crippen LogP contribution in [0.3, 0.4) is 0 Å². The molecule has 3 rings (SSSR count). The van der Waals surface area contributed by atoms with Gasteiger partial charge in [-0.15, -0.1) is 0 Å². The van der Waals surface area contributed by atoms with Crippen molar-refractivity contribution >= 4 is 5.91 Å². The molecule has 2 fully saturated rings. The Kier molecular flexibility index (Phi) is 4.59. The molecule has 1 aliphatic heterocycles. The van der Waals surface area contributed by atoms with E-state index in [-0.39, 0.29) is 18.4 Å². The van der Waals surface area contributed by atoms with Crippen molar-refractivity contribution in [3.63, 3.8) is 0 Å². The van der Waals surface area contributed by atoms with E-state index < -0.39 is 11.7 Å². The summed E-state index contributed by atoms with van der Waals surface area (Å²) in [5, 5.41) is 2.96. The first kappa shape index (κ1) is 16.3. The van der Waals surface area contributed by atoms with Gasteiger partial charge < -0.3 is 5.32 Å². The molecule has 1 heterocycles. The summed E-state index contributed by atoms with van der Waals surface area (Å²) in [6, 6.07) is 5.52. The van der Waals surface area contributed by atoms with Gasteiger partial charge in [0.25, 0.3) is 0 Å². The van der Waals surface area contributed by atoms with Crippen LogP contribution >= 0.6 is 0 Å². The summed E-state index contributed by atoms with van der Waals surface area (Å²) in [6.45, 7) is 0.894. The molecule has 0 bridgehead atoms. The summed E-state index contributed by atoms with van der Waals surface area (Å²) < 4.78 is 38.1. The molecule has 126 valence electrons. The lowest BCUT2D eigenvalue weighted by Crippen LogP contribution is -2.44. The molecule has 0 aromatic heterocycles. The zero-order chi connectivity index (χ0) is 16.4. The van der Waals surface area contributed by atoms with Crippen molar-refractivity contribution in [3.8, 4) is 0 Å². The molecule has 1 aromatic carbocycles. The predicted octanol–water partition coefficient (Wildman–Crippen LogP) is 2.01. The molecule has 7 heteroatoms. The summed E-state index contributed by atoms with van der Waals surface area (Å²) in [5.74, 6) is 0.286. The maximum Gasteiger partial charge on any atom is 0.416 e. The first-order valence-electron chi connectivity index (χ1n) is 7.86. The van der Waals surface area contributed by atoms with Crippen LogP contribution < -0.4 is 16.2 Å². The number of carbonyl (C=O) groups excluding carboxylic acids is 1. The maximum atomic E-state index is 12.7. The third-order valence-electron chi connectivity index (χ3n) is 4.62. The van der Waals surface area contributed by atoms with Crippen LogP contribution in [0.5, 0.6) is 0 Å². The molecule has 1 saturated heterocycles. The second kappa shape index (κ2) is 6.49. The average Bonchev–Trinajstić information content (AvgIpc) is 2.94. The Bertz CT molecular complexity index is 576. The van der Waals surface area contributed by atoms with Gasteiger partial charge in [0.2, 0.25) is 5.91 Å². The second-order valence-electron chi connectivity index (χ2n) is 6.34. The van der Waals surface area contributed by atoms with Crippen molar-refractivity contribution in [1.82, 2.24) is 16.2 Å². The van der Waals surface area contributed by atoms with Crippen molar-refractivity contribution in [2.24, 2.45) is 5.92 Å². The standard InChI is InChI=1S/C16H20F3N3O/c17-16(18,19)12-3-1-2-10(6-12)7-15(23)21-13-4-5-14-11(8-13)9-20-22-14/h1-3,6,11,13-14,20,22H,4-5,7-9H2,(H,21,23). The fraction of sp³-hybridized carbons (Fsp3) is 0.562. The normalized spacial score (nSPS) is 27.5. The van der Waals surface area contributed by atoms with Gasteiger partial charge in [-0.2, -0.15) is 13.2 Å². The van der Waals surface area contributed by atoms with Gasteiger partial charge in [0.05, 0.1) is 12.0 Å². The lowest BCUT2D eigenvalue weighted by Gasteiger charge is -2.31. The van der Waals surface area contributed by atoms with Crippen molar-refractivity contribution in [3.05, 3.63) is 35.4 Å². The van der Waals surface area contributed by atoms with E-state index in [0.29, 0.717) is 17.5 Å². The molecular weight excluding hydrogens is 307 g/mol. The van der Waals surface area contributed by atoms with E-state index in [9.17, 15) is 18.0 Å². The van der Waals surface area contributed by atoms with Crippen LogP contribution in [-0.4, -0.2) is 24.5 Å². The molecule has 1 amide bonds.